The van der Waals surface area contributed by atoms with Crippen LogP contribution >= 0.6 is 23.2 Å². The summed E-state index contributed by atoms with van der Waals surface area (Å²) in [5.41, 5.74) is 0.138. The monoisotopic (exact) mass is 511 g/mol. The van der Waals surface area contributed by atoms with Crippen LogP contribution in [-0.4, -0.2) is 67.4 Å². The molecule has 2 N–H and O–H groups in total. The molecule has 2 aliphatic rings. The molecule has 9 nitrogen and oxygen atoms in total. The van der Waals surface area contributed by atoms with Crippen molar-refractivity contribution in [3.63, 3.8) is 0 Å². The molecule has 0 aromatic heterocycles. The molecule has 0 saturated carbocycles. The van der Waals surface area contributed by atoms with E-state index in [0.29, 0.717) is 24.3 Å². The maximum absolute atomic E-state index is 12.8. The Labute approximate surface area is 208 Å². The van der Waals surface area contributed by atoms with Gasteiger partial charge < -0.3 is 19.9 Å². The van der Waals surface area contributed by atoms with Gasteiger partial charge in [-0.15, -0.1) is 0 Å². The highest BCUT2D eigenvalue weighted by Gasteiger charge is 2.47. The Bertz CT molecular complexity index is 937. The van der Waals surface area contributed by atoms with Crippen LogP contribution in [0.4, 0.5) is 0 Å². The van der Waals surface area contributed by atoms with Crippen LogP contribution in [0.5, 0.6) is 0 Å². The lowest BCUT2D eigenvalue weighted by Gasteiger charge is -2.40. The predicted octanol–water partition coefficient (Wildman–Crippen LogP) is 2.23. The number of rotatable bonds is 7. The van der Waals surface area contributed by atoms with Gasteiger partial charge in [0.1, 0.15) is 12.1 Å². The summed E-state index contributed by atoms with van der Waals surface area (Å²) in [6.07, 6.45) is 2.28. The minimum atomic E-state index is -1.26. The SMILES string of the molecule is CC(C)CC(NC(=O)CNC(=O)c1cc(Cl)ccc1Cl)B1OC(=O)[C@@H]2CCC[C@@H](C(=O)O1)N2C. The molecule has 1 aromatic rings. The van der Waals surface area contributed by atoms with Crippen LogP contribution in [0, 0.1) is 5.92 Å². The number of hydrogen-bond donors (Lipinski definition) is 2. The van der Waals surface area contributed by atoms with E-state index in [-0.39, 0.29) is 23.0 Å². The number of benzene rings is 1. The summed E-state index contributed by atoms with van der Waals surface area (Å²) in [6, 6.07) is 3.37. The fraction of sp³-hybridized carbons (Fsp3) is 0.545. The molecule has 2 heterocycles. The molecule has 2 bridgehead atoms. The molecule has 2 aliphatic heterocycles. The Morgan fingerprint density at radius 1 is 1.15 bits per heavy atom. The summed E-state index contributed by atoms with van der Waals surface area (Å²) in [6.45, 7) is 3.49. The number of halogens is 2. The smallest absolute Gasteiger partial charge is 0.497 e. The van der Waals surface area contributed by atoms with E-state index < -0.39 is 48.9 Å². The molecule has 12 heteroatoms. The highest BCUT2D eigenvalue weighted by Crippen LogP contribution is 2.26. The van der Waals surface area contributed by atoms with Crippen molar-refractivity contribution in [1.29, 1.82) is 0 Å². The lowest BCUT2D eigenvalue weighted by molar-refractivity contribution is -0.157. The molecule has 1 aromatic carbocycles. The quantitative estimate of drug-likeness (QED) is 0.539. The normalized spacial score (nSPS) is 21.8. The predicted molar refractivity (Wildman–Crippen MR) is 127 cm³/mol. The molecule has 2 amide bonds. The second kappa shape index (κ2) is 11.4. The van der Waals surface area contributed by atoms with E-state index in [9.17, 15) is 19.2 Å². The Morgan fingerprint density at radius 2 is 1.76 bits per heavy atom. The Morgan fingerprint density at radius 3 is 2.35 bits per heavy atom. The lowest BCUT2D eigenvalue weighted by atomic mass is 9.73. The van der Waals surface area contributed by atoms with Crippen LogP contribution in [0.3, 0.4) is 0 Å². The number of likely N-dealkylation sites (N-methyl/N-ethyl adjacent to an activating group) is 1. The van der Waals surface area contributed by atoms with Crippen LogP contribution in [0.15, 0.2) is 18.2 Å². The van der Waals surface area contributed by atoms with Gasteiger partial charge in [0.15, 0.2) is 0 Å². The summed E-state index contributed by atoms with van der Waals surface area (Å²) in [7, 11) is 0.445. The second-order valence-corrected chi connectivity index (χ2v) is 9.82. The third-order valence-electron chi connectivity index (χ3n) is 5.93. The van der Waals surface area contributed by atoms with E-state index in [1.54, 1.807) is 18.0 Å². The first-order valence-corrected chi connectivity index (χ1v) is 12.0. The van der Waals surface area contributed by atoms with Gasteiger partial charge in [0.05, 0.1) is 23.1 Å². The number of nitrogens with zero attached hydrogens (tertiary/aromatic N) is 1. The van der Waals surface area contributed by atoms with Gasteiger partial charge in [-0.3, -0.25) is 24.1 Å². The van der Waals surface area contributed by atoms with Gasteiger partial charge in [0, 0.05) is 5.02 Å². The van der Waals surface area contributed by atoms with Crippen LogP contribution in [0.2, 0.25) is 10.0 Å². The molecule has 184 valence electrons. The molecule has 3 rings (SSSR count). The molecule has 2 saturated heterocycles. The number of amides is 2. The van der Waals surface area contributed by atoms with Crippen molar-refractivity contribution in [1.82, 2.24) is 15.5 Å². The minimum absolute atomic E-state index is 0.0928. The topological polar surface area (TPSA) is 114 Å². The summed E-state index contributed by atoms with van der Waals surface area (Å²) in [4.78, 5) is 52.3. The van der Waals surface area contributed by atoms with Gasteiger partial charge in [-0.25, -0.2) is 0 Å². The average molecular weight is 512 g/mol. The highest BCUT2D eigenvalue weighted by atomic mass is 35.5. The van der Waals surface area contributed by atoms with Crippen molar-refractivity contribution in [3.8, 4) is 0 Å². The zero-order valence-corrected chi connectivity index (χ0v) is 20.8. The Kier molecular flexibility index (Phi) is 8.84. The first-order valence-electron chi connectivity index (χ1n) is 11.2. The van der Waals surface area contributed by atoms with Gasteiger partial charge >= 0.3 is 19.1 Å². The lowest BCUT2D eigenvalue weighted by Crippen LogP contribution is -2.61. The highest BCUT2D eigenvalue weighted by molar-refractivity contribution is 6.51. The summed E-state index contributed by atoms with van der Waals surface area (Å²) in [5, 5.41) is 5.76. The fourth-order valence-electron chi connectivity index (χ4n) is 4.20. The zero-order valence-electron chi connectivity index (χ0n) is 19.3. The van der Waals surface area contributed by atoms with Crippen molar-refractivity contribution in [2.24, 2.45) is 5.92 Å². The Balaban J connectivity index is 1.68. The Hall–Kier alpha value is -2.30. The third kappa shape index (κ3) is 6.43. The number of fused-ring (bicyclic) bond motifs is 2. The maximum atomic E-state index is 12.8. The van der Waals surface area contributed by atoms with Crippen LogP contribution < -0.4 is 10.6 Å². The van der Waals surface area contributed by atoms with Crippen molar-refractivity contribution in [3.05, 3.63) is 33.8 Å². The summed E-state index contributed by atoms with van der Waals surface area (Å²) < 4.78 is 11.1. The fourth-order valence-corrected chi connectivity index (χ4v) is 4.58. The van der Waals surface area contributed by atoms with Gasteiger partial charge in [-0.05, 0) is 56.8 Å². The van der Waals surface area contributed by atoms with Crippen LogP contribution in [0.1, 0.15) is 49.9 Å². The molecular formula is C22H28BCl2N3O6. The van der Waals surface area contributed by atoms with E-state index in [1.165, 1.54) is 12.1 Å². The average Bonchev–Trinajstić information content (AvgIpc) is 2.77. The van der Waals surface area contributed by atoms with Crippen molar-refractivity contribution in [2.45, 2.75) is 57.6 Å². The molecule has 1 unspecified atom stereocenters. The van der Waals surface area contributed by atoms with Gasteiger partial charge in [-0.1, -0.05) is 37.0 Å². The maximum Gasteiger partial charge on any atom is 0.622 e. The first kappa shape index (κ1) is 26.3. The number of piperidine rings is 1. The van der Waals surface area contributed by atoms with Crippen LogP contribution in [-0.2, 0) is 23.7 Å². The number of nitrogens with one attached hydrogen (secondary N) is 2. The second-order valence-electron chi connectivity index (χ2n) is 8.98. The van der Waals surface area contributed by atoms with E-state index >= 15 is 0 Å². The number of carbonyl (C=O) groups is 4. The summed E-state index contributed by atoms with van der Waals surface area (Å²) >= 11 is 12.0. The molecule has 0 spiro atoms. The van der Waals surface area contributed by atoms with Gasteiger partial charge in [0.25, 0.3) is 5.91 Å². The standard InChI is InChI=1S/C22H28BCl2N3O6/c1-12(2)9-18(23-33-21(31)16-5-4-6-17(28(16)3)22(32)34-23)27-19(29)11-26-20(30)14-10-13(24)7-8-15(14)25/h7-8,10,12,16-18H,4-6,9,11H2,1-3H3,(H,26,30)(H,27,29)/t16-,17-,18?/m0/s1. The molecule has 3 atom stereocenters. The van der Waals surface area contributed by atoms with Crippen molar-refractivity contribution < 1.29 is 28.5 Å². The first-order chi connectivity index (χ1) is 16.1. The third-order valence-corrected chi connectivity index (χ3v) is 6.49. The van der Waals surface area contributed by atoms with E-state index in [2.05, 4.69) is 10.6 Å². The van der Waals surface area contributed by atoms with Crippen molar-refractivity contribution in [2.75, 3.05) is 13.6 Å². The number of carbonyl (C=O) groups excluding carboxylic acids is 4. The van der Waals surface area contributed by atoms with Crippen LogP contribution in [0.25, 0.3) is 0 Å². The molecular weight excluding hydrogens is 484 g/mol. The minimum Gasteiger partial charge on any atom is -0.497 e. The van der Waals surface area contributed by atoms with Gasteiger partial charge in [-0.2, -0.15) is 0 Å². The molecule has 2 fully saturated rings. The summed E-state index contributed by atoms with van der Waals surface area (Å²) in [5.74, 6) is -2.77. The van der Waals surface area contributed by atoms with E-state index in [0.717, 1.165) is 6.42 Å². The van der Waals surface area contributed by atoms with Gasteiger partial charge in [0.2, 0.25) is 5.91 Å². The largest absolute Gasteiger partial charge is 0.622 e. The van der Waals surface area contributed by atoms with Crippen molar-refractivity contribution >= 4 is 54.1 Å². The zero-order chi connectivity index (χ0) is 25.0. The molecule has 34 heavy (non-hydrogen) atoms. The number of hydrogen-bond acceptors (Lipinski definition) is 7. The van der Waals surface area contributed by atoms with E-state index in [4.69, 9.17) is 32.5 Å². The van der Waals surface area contributed by atoms with E-state index in [1.807, 2.05) is 13.8 Å². The molecule has 0 aliphatic carbocycles. The molecule has 0 radical (unpaired) electrons.